The number of nitrogens with one attached hydrogen (secondary N) is 2. The number of hydrogen-bond donors (Lipinski definition) is 2. The highest BCUT2D eigenvalue weighted by Crippen LogP contribution is 2.22. The lowest BCUT2D eigenvalue weighted by Crippen LogP contribution is -2.45. The third kappa shape index (κ3) is 5.79. The Bertz CT molecular complexity index is 1190. The summed E-state index contributed by atoms with van der Waals surface area (Å²) in [6.07, 6.45) is 0. The lowest BCUT2D eigenvalue weighted by atomic mass is 10.1. The number of benzene rings is 2. The van der Waals surface area contributed by atoms with E-state index in [0.29, 0.717) is 11.3 Å². The van der Waals surface area contributed by atoms with Gasteiger partial charge in [0, 0.05) is 29.7 Å². The maximum Gasteiger partial charge on any atom is 0.336 e. The van der Waals surface area contributed by atoms with E-state index in [9.17, 15) is 24.5 Å². The van der Waals surface area contributed by atoms with E-state index in [-0.39, 0.29) is 11.4 Å². The van der Waals surface area contributed by atoms with E-state index in [2.05, 4.69) is 10.9 Å². The normalized spacial score (nSPS) is 10.4. The van der Waals surface area contributed by atoms with E-state index in [1.165, 1.54) is 36.4 Å². The maximum absolute atomic E-state index is 11.8. The molecule has 0 aliphatic rings. The Labute approximate surface area is 174 Å². The highest BCUT2D eigenvalue weighted by Gasteiger charge is 2.09. The van der Waals surface area contributed by atoms with Crippen molar-refractivity contribution in [2.45, 2.75) is 6.92 Å². The monoisotopic (exact) mass is 427 g/mol. The van der Waals surface area contributed by atoms with Gasteiger partial charge in [0.2, 0.25) is 0 Å². The van der Waals surface area contributed by atoms with Gasteiger partial charge in [-0.3, -0.25) is 30.6 Å². The molecule has 0 unspecified atom stereocenters. The summed E-state index contributed by atoms with van der Waals surface area (Å²) >= 11 is 0. The first kappa shape index (κ1) is 21.3. The van der Waals surface area contributed by atoms with Crippen molar-refractivity contribution < 1.29 is 28.4 Å². The van der Waals surface area contributed by atoms with E-state index < -0.39 is 35.6 Å². The lowest BCUT2D eigenvalue weighted by molar-refractivity contribution is -0.384. The van der Waals surface area contributed by atoms with Crippen molar-refractivity contribution in [2.24, 2.45) is 0 Å². The maximum atomic E-state index is 11.8. The van der Waals surface area contributed by atoms with Crippen LogP contribution in [-0.2, 0) is 9.59 Å². The van der Waals surface area contributed by atoms with Gasteiger partial charge in [-0.25, -0.2) is 4.79 Å². The molecule has 0 aliphatic heterocycles. The number of aryl methyl sites for hydroxylation is 1. The van der Waals surface area contributed by atoms with Crippen molar-refractivity contribution in [3.63, 3.8) is 0 Å². The summed E-state index contributed by atoms with van der Waals surface area (Å²) in [4.78, 5) is 45.1. The summed E-state index contributed by atoms with van der Waals surface area (Å²) in [5.41, 5.74) is 4.81. The molecule has 3 aromatic rings. The molecule has 0 saturated heterocycles. The second-order valence-electron chi connectivity index (χ2n) is 6.33. The molecular formula is C20H17N3O8. The Morgan fingerprint density at radius 1 is 0.968 bits per heavy atom. The number of hydrogen-bond acceptors (Lipinski definition) is 8. The SMILES string of the molecule is Cc1cc(=O)oc2cc(OCC(=O)NNC(=O)COc3ccc([N+](=O)[O-])cc3)ccc12. The number of ether oxygens (including phenoxy) is 2. The first-order valence-electron chi connectivity index (χ1n) is 8.94. The molecule has 1 aromatic heterocycles. The largest absolute Gasteiger partial charge is 0.484 e. The predicted octanol–water partition coefficient (Wildman–Crippen LogP) is 1.61. The Morgan fingerprint density at radius 3 is 2.16 bits per heavy atom. The minimum atomic E-state index is -0.644. The molecule has 1 heterocycles. The number of nitro benzene ring substituents is 1. The fourth-order valence-corrected chi connectivity index (χ4v) is 2.57. The van der Waals surface area contributed by atoms with Crippen LogP contribution in [0.2, 0.25) is 0 Å². The average molecular weight is 427 g/mol. The summed E-state index contributed by atoms with van der Waals surface area (Å²) in [7, 11) is 0. The van der Waals surface area contributed by atoms with Crippen LogP contribution in [0.3, 0.4) is 0 Å². The third-order valence-corrected chi connectivity index (χ3v) is 4.05. The number of hydrazine groups is 1. The number of carbonyl (C=O) groups is 2. The Hall–Kier alpha value is -4.41. The number of rotatable bonds is 7. The van der Waals surface area contributed by atoms with E-state index >= 15 is 0 Å². The van der Waals surface area contributed by atoms with Crippen LogP contribution in [0, 0.1) is 17.0 Å². The third-order valence-electron chi connectivity index (χ3n) is 4.05. The number of carbonyl (C=O) groups excluding carboxylic acids is 2. The molecule has 2 N–H and O–H groups in total. The molecule has 3 rings (SSSR count). The molecule has 0 radical (unpaired) electrons. The van der Waals surface area contributed by atoms with Crippen LogP contribution < -0.4 is 26.0 Å². The predicted molar refractivity (Wildman–Crippen MR) is 108 cm³/mol. The van der Waals surface area contributed by atoms with Crippen LogP contribution in [0.15, 0.2) is 57.7 Å². The van der Waals surface area contributed by atoms with Gasteiger partial charge < -0.3 is 13.9 Å². The smallest absolute Gasteiger partial charge is 0.336 e. The molecule has 2 amide bonds. The zero-order valence-corrected chi connectivity index (χ0v) is 16.2. The average Bonchev–Trinajstić information content (AvgIpc) is 2.74. The molecule has 0 aliphatic carbocycles. The van der Waals surface area contributed by atoms with Crippen molar-refractivity contribution in [3.8, 4) is 11.5 Å². The van der Waals surface area contributed by atoms with Crippen molar-refractivity contribution in [1.82, 2.24) is 10.9 Å². The molecule has 2 aromatic carbocycles. The van der Waals surface area contributed by atoms with E-state index in [1.807, 2.05) is 0 Å². The first-order chi connectivity index (χ1) is 14.8. The number of fused-ring (bicyclic) bond motifs is 1. The number of amides is 2. The van der Waals surface area contributed by atoms with Crippen molar-refractivity contribution in [2.75, 3.05) is 13.2 Å². The van der Waals surface area contributed by atoms with Gasteiger partial charge in [0.1, 0.15) is 17.1 Å². The molecule has 11 heteroatoms. The summed E-state index contributed by atoms with van der Waals surface area (Å²) in [6.45, 7) is 0.967. The van der Waals surface area contributed by atoms with Crippen molar-refractivity contribution >= 4 is 28.5 Å². The van der Waals surface area contributed by atoms with Crippen molar-refractivity contribution in [1.29, 1.82) is 0 Å². The van der Waals surface area contributed by atoms with Crippen molar-refractivity contribution in [3.05, 3.63) is 74.6 Å². The Kier molecular flexibility index (Phi) is 6.45. The van der Waals surface area contributed by atoms with Crippen LogP contribution in [-0.4, -0.2) is 30.0 Å². The molecule has 11 nitrogen and oxygen atoms in total. The summed E-state index contributed by atoms with van der Waals surface area (Å²) in [5.74, 6) is -0.707. The molecule has 0 bridgehead atoms. The molecular weight excluding hydrogens is 410 g/mol. The van der Waals surface area contributed by atoms with Gasteiger partial charge in [-0.2, -0.15) is 0 Å². The first-order valence-corrected chi connectivity index (χ1v) is 8.94. The van der Waals surface area contributed by atoms with E-state index in [1.54, 1.807) is 19.1 Å². The van der Waals surface area contributed by atoms with Gasteiger partial charge >= 0.3 is 5.63 Å². The highest BCUT2D eigenvalue weighted by molar-refractivity contribution is 5.84. The Morgan fingerprint density at radius 2 is 1.55 bits per heavy atom. The molecule has 31 heavy (non-hydrogen) atoms. The quantitative estimate of drug-likeness (QED) is 0.328. The van der Waals surface area contributed by atoms with Crippen LogP contribution in [0.5, 0.6) is 11.5 Å². The highest BCUT2D eigenvalue weighted by atomic mass is 16.6. The van der Waals surface area contributed by atoms with Gasteiger partial charge in [0.15, 0.2) is 13.2 Å². The number of nitrogens with zero attached hydrogens (tertiary/aromatic N) is 1. The van der Waals surface area contributed by atoms with Gasteiger partial charge in [0.25, 0.3) is 17.5 Å². The standard InChI is InChI=1S/C20H17N3O8/c1-12-8-20(26)31-17-9-15(6-7-16(12)17)30-11-19(25)22-21-18(24)10-29-14-4-2-13(3-5-14)23(27)28/h2-9H,10-11H2,1H3,(H,21,24)(H,22,25). The fraction of sp³-hybridized carbons (Fsp3) is 0.150. The minimum absolute atomic E-state index is 0.104. The van der Waals surface area contributed by atoms with Crippen LogP contribution in [0.4, 0.5) is 5.69 Å². The minimum Gasteiger partial charge on any atom is -0.484 e. The molecule has 0 atom stereocenters. The number of non-ortho nitro benzene ring substituents is 1. The van der Waals surface area contributed by atoms with Gasteiger partial charge in [0.05, 0.1) is 4.92 Å². The van der Waals surface area contributed by atoms with Gasteiger partial charge in [-0.1, -0.05) is 0 Å². The Balaban J connectivity index is 1.43. The molecule has 0 saturated carbocycles. The van der Waals surface area contributed by atoms with Crippen LogP contribution in [0.25, 0.3) is 11.0 Å². The van der Waals surface area contributed by atoms with Gasteiger partial charge in [-0.05, 0) is 36.8 Å². The molecule has 0 spiro atoms. The number of nitro groups is 1. The summed E-state index contributed by atoms with van der Waals surface area (Å²) in [5, 5.41) is 11.3. The van der Waals surface area contributed by atoms with E-state index in [0.717, 1.165) is 10.9 Å². The fourth-order valence-electron chi connectivity index (χ4n) is 2.57. The summed E-state index contributed by atoms with van der Waals surface area (Å²) in [6, 6.07) is 11.4. The van der Waals surface area contributed by atoms with Gasteiger partial charge in [-0.15, -0.1) is 0 Å². The summed E-state index contributed by atoms with van der Waals surface area (Å²) < 4.78 is 15.6. The van der Waals surface area contributed by atoms with Crippen LogP contribution >= 0.6 is 0 Å². The zero-order valence-electron chi connectivity index (χ0n) is 16.2. The molecule has 0 fully saturated rings. The zero-order chi connectivity index (χ0) is 22.4. The second-order valence-corrected chi connectivity index (χ2v) is 6.33. The lowest BCUT2D eigenvalue weighted by Gasteiger charge is -2.10. The van der Waals surface area contributed by atoms with Crippen LogP contribution in [0.1, 0.15) is 5.56 Å². The second kappa shape index (κ2) is 9.39. The molecule has 160 valence electrons. The topological polar surface area (TPSA) is 150 Å². The van der Waals surface area contributed by atoms with E-state index in [4.69, 9.17) is 13.9 Å².